The highest BCUT2D eigenvalue weighted by atomic mass is 32.2. The van der Waals surface area contributed by atoms with Crippen LogP contribution in [0.3, 0.4) is 0 Å². The molecule has 4 aromatic rings. The third kappa shape index (κ3) is 5.09. The molecule has 0 fully saturated rings. The van der Waals surface area contributed by atoms with Gasteiger partial charge in [-0.25, -0.2) is 13.4 Å². The second-order valence-electron chi connectivity index (χ2n) is 9.60. The topological polar surface area (TPSA) is 72.2 Å². The highest BCUT2D eigenvalue weighted by Crippen LogP contribution is 2.33. The van der Waals surface area contributed by atoms with Crippen LogP contribution in [0.25, 0.3) is 28.2 Å². The number of hydrogen-bond acceptors (Lipinski definition) is 4. The van der Waals surface area contributed by atoms with E-state index in [1.807, 2.05) is 53.2 Å². The summed E-state index contributed by atoms with van der Waals surface area (Å²) < 4.78 is 26.7. The van der Waals surface area contributed by atoms with Crippen LogP contribution in [0.15, 0.2) is 83.9 Å². The quantitative estimate of drug-likeness (QED) is 0.329. The molecule has 6 heteroatoms. The van der Waals surface area contributed by atoms with Crippen LogP contribution in [0.1, 0.15) is 51.8 Å². The van der Waals surface area contributed by atoms with Gasteiger partial charge >= 0.3 is 0 Å². The van der Waals surface area contributed by atoms with E-state index in [2.05, 4.69) is 26.0 Å². The average molecular weight is 489 g/mol. The van der Waals surface area contributed by atoms with E-state index in [0.717, 1.165) is 28.2 Å². The van der Waals surface area contributed by atoms with E-state index in [9.17, 15) is 13.5 Å². The van der Waals surface area contributed by atoms with Gasteiger partial charge in [-0.2, -0.15) is 0 Å². The SMILES string of the molecule is CCS(=O)(=O)c1cccc(-c2ccc(-n3cc(C(C)(C)O)nc3-c3ccccc3C(C)C)cc2)c1. The molecule has 0 spiro atoms. The van der Waals surface area contributed by atoms with E-state index >= 15 is 0 Å². The number of aromatic nitrogens is 2. The molecule has 0 saturated heterocycles. The van der Waals surface area contributed by atoms with Crippen LogP contribution in [-0.2, 0) is 15.4 Å². The van der Waals surface area contributed by atoms with Crippen LogP contribution in [-0.4, -0.2) is 28.8 Å². The Kier molecular flexibility index (Phi) is 6.71. The molecular weight excluding hydrogens is 456 g/mol. The van der Waals surface area contributed by atoms with Crippen molar-refractivity contribution in [3.8, 4) is 28.2 Å². The molecule has 0 aliphatic carbocycles. The van der Waals surface area contributed by atoms with Crippen LogP contribution in [0, 0.1) is 0 Å². The second kappa shape index (κ2) is 9.44. The Labute approximate surface area is 208 Å². The van der Waals surface area contributed by atoms with Gasteiger partial charge in [-0.3, -0.25) is 4.57 Å². The Morgan fingerprint density at radius 3 is 2.26 bits per heavy atom. The molecule has 35 heavy (non-hydrogen) atoms. The highest BCUT2D eigenvalue weighted by molar-refractivity contribution is 7.91. The summed E-state index contributed by atoms with van der Waals surface area (Å²) in [5.74, 6) is 1.16. The van der Waals surface area contributed by atoms with Crippen molar-refractivity contribution in [2.24, 2.45) is 0 Å². The normalized spacial score (nSPS) is 12.3. The van der Waals surface area contributed by atoms with Gasteiger partial charge in [-0.15, -0.1) is 0 Å². The summed E-state index contributed by atoms with van der Waals surface area (Å²) in [4.78, 5) is 5.18. The van der Waals surface area contributed by atoms with Crippen LogP contribution in [0.5, 0.6) is 0 Å². The molecular formula is C29H32N2O3S. The first-order valence-electron chi connectivity index (χ1n) is 11.9. The molecule has 0 aliphatic rings. The van der Waals surface area contributed by atoms with E-state index in [0.29, 0.717) is 16.5 Å². The molecule has 0 saturated carbocycles. The van der Waals surface area contributed by atoms with E-state index < -0.39 is 15.4 Å². The summed E-state index contributed by atoms with van der Waals surface area (Å²) in [5.41, 5.74) is 4.40. The molecule has 1 aromatic heterocycles. The Morgan fingerprint density at radius 1 is 0.943 bits per heavy atom. The number of hydrogen-bond donors (Lipinski definition) is 1. The Bertz CT molecular complexity index is 1440. The van der Waals surface area contributed by atoms with E-state index in [1.54, 1.807) is 39.0 Å². The lowest BCUT2D eigenvalue weighted by Gasteiger charge is -2.14. The fourth-order valence-corrected chi connectivity index (χ4v) is 5.04. The van der Waals surface area contributed by atoms with Gasteiger partial charge in [-0.05, 0) is 60.7 Å². The number of imidazole rings is 1. The van der Waals surface area contributed by atoms with Crippen molar-refractivity contribution < 1.29 is 13.5 Å². The van der Waals surface area contributed by atoms with Crippen LogP contribution < -0.4 is 0 Å². The molecule has 1 heterocycles. The predicted molar refractivity (Wildman–Crippen MR) is 141 cm³/mol. The van der Waals surface area contributed by atoms with Crippen molar-refractivity contribution in [3.05, 3.63) is 90.3 Å². The zero-order valence-corrected chi connectivity index (χ0v) is 21.7. The molecule has 182 valence electrons. The molecule has 0 aliphatic heterocycles. The Morgan fingerprint density at radius 2 is 1.63 bits per heavy atom. The minimum absolute atomic E-state index is 0.0696. The third-order valence-electron chi connectivity index (χ3n) is 6.21. The first kappa shape index (κ1) is 24.9. The number of benzene rings is 3. The van der Waals surface area contributed by atoms with E-state index in [-0.39, 0.29) is 5.75 Å². The lowest BCUT2D eigenvalue weighted by molar-refractivity contribution is 0.0743. The molecule has 3 aromatic carbocycles. The summed E-state index contributed by atoms with van der Waals surface area (Å²) in [6.07, 6.45) is 1.88. The Hall–Kier alpha value is -3.22. The first-order chi connectivity index (χ1) is 16.5. The van der Waals surface area contributed by atoms with Gasteiger partial charge in [-0.1, -0.05) is 69.3 Å². The van der Waals surface area contributed by atoms with Crippen molar-refractivity contribution >= 4 is 9.84 Å². The molecule has 0 unspecified atom stereocenters. The number of sulfone groups is 1. The molecule has 0 atom stereocenters. The smallest absolute Gasteiger partial charge is 0.178 e. The maximum absolute atomic E-state index is 12.3. The fraction of sp³-hybridized carbons (Fsp3) is 0.276. The van der Waals surface area contributed by atoms with Crippen LogP contribution >= 0.6 is 0 Å². The zero-order valence-electron chi connectivity index (χ0n) is 20.9. The van der Waals surface area contributed by atoms with Crippen LogP contribution in [0.4, 0.5) is 0 Å². The van der Waals surface area contributed by atoms with Gasteiger partial charge in [0, 0.05) is 17.4 Å². The van der Waals surface area contributed by atoms with Crippen LogP contribution in [0.2, 0.25) is 0 Å². The van der Waals surface area contributed by atoms with Crippen molar-refractivity contribution in [2.45, 2.75) is 51.0 Å². The summed E-state index contributed by atoms with van der Waals surface area (Å²) in [7, 11) is -3.27. The largest absolute Gasteiger partial charge is 0.384 e. The van der Waals surface area contributed by atoms with Crippen molar-refractivity contribution in [2.75, 3.05) is 5.75 Å². The maximum Gasteiger partial charge on any atom is 0.178 e. The summed E-state index contributed by atoms with van der Waals surface area (Å²) in [6, 6.07) is 23.2. The second-order valence-corrected chi connectivity index (χ2v) is 11.9. The maximum atomic E-state index is 12.3. The lowest BCUT2D eigenvalue weighted by atomic mass is 9.96. The fourth-order valence-electron chi connectivity index (χ4n) is 4.12. The van der Waals surface area contributed by atoms with Crippen molar-refractivity contribution in [1.29, 1.82) is 0 Å². The molecule has 4 rings (SSSR count). The van der Waals surface area contributed by atoms with Gasteiger partial charge in [0.05, 0.1) is 16.3 Å². The Balaban J connectivity index is 1.81. The molecule has 5 nitrogen and oxygen atoms in total. The van der Waals surface area contributed by atoms with E-state index in [4.69, 9.17) is 4.98 Å². The summed E-state index contributed by atoms with van der Waals surface area (Å²) >= 11 is 0. The van der Waals surface area contributed by atoms with Crippen molar-refractivity contribution in [1.82, 2.24) is 9.55 Å². The molecule has 0 amide bonds. The van der Waals surface area contributed by atoms with Gasteiger partial charge in [0.1, 0.15) is 11.4 Å². The zero-order chi connectivity index (χ0) is 25.4. The van der Waals surface area contributed by atoms with Crippen molar-refractivity contribution in [3.63, 3.8) is 0 Å². The third-order valence-corrected chi connectivity index (χ3v) is 7.94. The molecule has 1 N–H and O–H groups in total. The predicted octanol–water partition coefficient (Wildman–Crippen LogP) is 6.35. The van der Waals surface area contributed by atoms with E-state index in [1.165, 1.54) is 5.56 Å². The number of rotatable bonds is 7. The highest BCUT2D eigenvalue weighted by Gasteiger charge is 2.24. The molecule has 0 radical (unpaired) electrons. The minimum atomic E-state index is -3.27. The standard InChI is InChI=1S/C29H32N2O3S/c1-6-35(33,34)24-11-9-10-22(18-24)21-14-16-23(17-15-21)31-19-27(29(4,5)32)30-28(31)26-13-8-7-12-25(26)20(2)3/h7-20,32H,6H2,1-5H3. The summed E-state index contributed by atoms with van der Waals surface area (Å²) in [6.45, 7) is 9.44. The van der Waals surface area contributed by atoms with Gasteiger partial charge in [0.2, 0.25) is 0 Å². The number of nitrogens with zero attached hydrogens (tertiary/aromatic N) is 2. The number of aliphatic hydroxyl groups is 1. The van der Waals surface area contributed by atoms with Gasteiger partial charge in [0.15, 0.2) is 9.84 Å². The summed E-state index contributed by atoms with van der Waals surface area (Å²) in [5, 5.41) is 10.7. The van der Waals surface area contributed by atoms with Gasteiger partial charge in [0.25, 0.3) is 0 Å². The minimum Gasteiger partial charge on any atom is -0.384 e. The monoisotopic (exact) mass is 488 g/mol. The average Bonchev–Trinajstić information content (AvgIpc) is 3.30. The lowest BCUT2D eigenvalue weighted by Crippen LogP contribution is -2.15. The first-order valence-corrected chi connectivity index (χ1v) is 13.5. The van der Waals surface area contributed by atoms with Gasteiger partial charge < -0.3 is 5.11 Å². The molecule has 0 bridgehead atoms.